The highest BCUT2D eigenvalue weighted by atomic mass is 16.5. The van der Waals surface area contributed by atoms with E-state index in [-0.39, 0.29) is 0 Å². The second-order valence-corrected chi connectivity index (χ2v) is 1.10. The van der Waals surface area contributed by atoms with E-state index >= 15 is 0 Å². The normalized spacial score (nSPS) is 18.5. The summed E-state index contributed by atoms with van der Waals surface area (Å²) in [7, 11) is 0. The van der Waals surface area contributed by atoms with Crippen molar-refractivity contribution in [2.45, 2.75) is 0 Å². The van der Waals surface area contributed by atoms with E-state index in [2.05, 4.69) is 5.32 Å². The molecule has 3 heteroatoms. The van der Waals surface area contributed by atoms with Crippen LogP contribution in [0.1, 0.15) is 0 Å². The van der Waals surface area contributed by atoms with Crippen LogP contribution < -0.4 is 5.32 Å². The largest absolute Gasteiger partial charge is 0.371 e. The van der Waals surface area contributed by atoms with Crippen LogP contribution in [0.5, 0.6) is 0 Å². The molecule has 1 aliphatic rings. The Morgan fingerprint density at radius 3 is 2.83 bits per heavy atom. The van der Waals surface area contributed by atoms with Gasteiger partial charge in [0.05, 0.1) is 0 Å². The first-order valence-corrected chi connectivity index (χ1v) is 1.73. The molecule has 1 N–H and O–H groups in total. The van der Waals surface area contributed by atoms with Gasteiger partial charge in [0.1, 0.15) is 6.67 Å². The predicted molar refractivity (Wildman–Crippen MR) is 19.7 cm³/mol. The Hall–Kier alpha value is -0.700. The summed E-state index contributed by atoms with van der Waals surface area (Å²) in [6.07, 6.45) is 3.06. The van der Waals surface area contributed by atoms with Gasteiger partial charge in [0.15, 0.2) is 0 Å². The zero-order chi connectivity index (χ0) is 4.41. The van der Waals surface area contributed by atoms with Crippen LogP contribution in [-0.4, -0.2) is 11.7 Å². The summed E-state index contributed by atoms with van der Waals surface area (Å²) < 4.78 is 0. The Morgan fingerprint density at radius 2 is 2.67 bits per heavy atom. The van der Waals surface area contributed by atoms with E-state index in [0.29, 0.717) is 6.67 Å². The quantitative estimate of drug-likeness (QED) is 0.437. The van der Waals surface area contributed by atoms with Gasteiger partial charge >= 0.3 is 0 Å². The minimum atomic E-state index is 0.403. The third kappa shape index (κ3) is 0.440. The molecule has 0 saturated carbocycles. The minimum Gasteiger partial charge on any atom is -0.371 e. The number of nitrogens with one attached hydrogen (secondary N) is 1. The molecule has 1 rings (SSSR count). The molecule has 6 heavy (non-hydrogen) atoms. The van der Waals surface area contributed by atoms with Gasteiger partial charge in [0.2, 0.25) is 0 Å². The molecule has 0 bridgehead atoms. The van der Waals surface area contributed by atoms with Crippen LogP contribution in [0.3, 0.4) is 0 Å². The van der Waals surface area contributed by atoms with Crippen LogP contribution in [0.2, 0.25) is 0 Å². The first-order valence-electron chi connectivity index (χ1n) is 1.73. The molecule has 1 aliphatic heterocycles. The number of rotatable bonds is 0. The summed E-state index contributed by atoms with van der Waals surface area (Å²) in [5, 5.41) is 13.5. The Balaban J connectivity index is 2.38. The van der Waals surface area contributed by atoms with Crippen molar-refractivity contribution >= 4 is 0 Å². The molecule has 1 radical (unpaired) electrons. The van der Waals surface area contributed by atoms with Gasteiger partial charge in [-0.2, -0.15) is 0 Å². The zero-order valence-electron chi connectivity index (χ0n) is 3.22. The van der Waals surface area contributed by atoms with Gasteiger partial charge in [-0.1, -0.05) is 5.21 Å². The Labute approximate surface area is 35.8 Å². The van der Waals surface area contributed by atoms with Gasteiger partial charge in [0.25, 0.3) is 0 Å². The van der Waals surface area contributed by atoms with E-state index in [4.69, 9.17) is 0 Å². The molecule has 1 heterocycles. The van der Waals surface area contributed by atoms with E-state index in [0.717, 1.165) is 5.06 Å². The van der Waals surface area contributed by atoms with Gasteiger partial charge in [-0.3, -0.25) is 0 Å². The summed E-state index contributed by atoms with van der Waals surface area (Å²) in [6.45, 7) is 0.403. The molecule has 0 saturated heterocycles. The number of nitrogens with zero attached hydrogens (tertiary/aromatic N) is 1. The first-order chi connectivity index (χ1) is 2.89. The van der Waals surface area contributed by atoms with E-state index in [1.165, 1.54) is 6.20 Å². The van der Waals surface area contributed by atoms with Crippen molar-refractivity contribution in [3.8, 4) is 0 Å². The average Bonchev–Trinajstić information content (AvgIpc) is 1.86. The topological polar surface area (TPSA) is 35.2 Å². The molecule has 33 valence electrons. The second kappa shape index (κ2) is 1.18. The fraction of sp³-hybridized carbons (Fsp3) is 0.333. The highest BCUT2D eigenvalue weighted by Gasteiger charge is 1.95. The molecule has 0 aromatic heterocycles. The molecule has 0 atom stereocenters. The first kappa shape index (κ1) is 3.49. The molecule has 0 unspecified atom stereocenters. The van der Waals surface area contributed by atoms with Crippen molar-refractivity contribution < 1.29 is 5.21 Å². The molecule has 0 aromatic rings. The maximum absolute atomic E-state index is 10.0. The molecular weight excluding hydrogens is 80.0 g/mol. The van der Waals surface area contributed by atoms with Gasteiger partial charge in [-0.05, 0) is 0 Å². The third-order valence-electron chi connectivity index (χ3n) is 0.606. The summed E-state index contributed by atoms with van der Waals surface area (Å²) in [5.41, 5.74) is 0. The van der Waals surface area contributed by atoms with E-state index < -0.39 is 0 Å². The zero-order valence-corrected chi connectivity index (χ0v) is 3.22. The van der Waals surface area contributed by atoms with Crippen LogP contribution in [-0.2, 0) is 5.21 Å². The molecule has 0 amide bonds. The Bertz CT molecular complexity index is 71.2. The van der Waals surface area contributed by atoms with Gasteiger partial charge in [-0.15, -0.1) is 0 Å². The van der Waals surface area contributed by atoms with Crippen molar-refractivity contribution in [2.24, 2.45) is 0 Å². The smallest absolute Gasteiger partial charge is 0.116 e. The predicted octanol–water partition coefficient (Wildman–Crippen LogP) is -0.334. The van der Waals surface area contributed by atoms with Crippen molar-refractivity contribution in [2.75, 3.05) is 6.67 Å². The lowest BCUT2D eigenvalue weighted by molar-refractivity contribution is -0.108. The van der Waals surface area contributed by atoms with Crippen molar-refractivity contribution in [3.05, 3.63) is 12.4 Å². The maximum atomic E-state index is 10.0. The molecular formula is C3H5N2O. The molecule has 0 aromatic carbocycles. The standard InChI is InChI=1S/C3H5N2O/c6-5-2-1-4-3-5/h1-2,4H,3H2. The lowest BCUT2D eigenvalue weighted by Gasteiger charge is -1.95. The monoisotopic (exact) mass is 85.0 g/mol. The summed E-state index contributed by atoms with van der Waals surface area (Å²) in [4.78, 5) is 0. The third-order valence-corrected chi connectivity index (χ3v) is 0.606. The van der Waals surface area contributed by atoms with Crippen LogP contribution in [0.25, 0.3) is 0 Å². The van der Waals surface area contributed by atoms with E-state index in [1.54, 1.807) is 6.20 Å². The summed E-state index contributed by atoms with van der Waals surface area (Å²) in [5.74, 6) is 0. The average molecular weight is 85.1 g/mol. The maximum Gasteiger partial charge on any atom is 0.116 e. The van der Waals surface area contributed by atoms with Crippen molar-refractivity contribution in [1.82, 2.24) is 10.4 Å². The van der Waals surface area contributed by atoms with E-state index in [9.17, 15) is 5.21 Å². The van der Waals surface area contributed by atoms with Gasteiger partial charge in [-0.25, -0.2) is 5.06 Å². The Morgan fingerprint density at radius 1 is 1.83 bits per heavy atom. The molecule has 0 spiro atoms. The summed E-state index contributed by atoms with van der Waals surface area (Å²) in [6, 6.07) is 0. The van der Waals surface area contributed by atoms with Crippen molar-refractivity contribution in [3.63, 3.8) is 0 Å². The second-order valence-electron chi connectivity index (χ2n) is 1.10. The number of hydrogen-bond donors (Lipinski definition) is 1. The highest BCUT2D eigenvalue weighted by Crippen LogP contribution is 1.85. The van der Waals surface area contributed by atoms with E-state index in [1.807, 2.05) is 0 Å². The minimum absolute atomic E-state index is 0.403. The van der Waals surface area contributed by atoms with Crippen molar-refractivity contribution in [1.29, 1.82) is 0 Å². The lowest BCUT2D eigenvalue weighted by Crippen LogP contribution is -2.13. The fourth-order valence-electron chi connectivity index (χ4n) is 0.331. The van der Waals surface area contributed by atoms with Crippen LogP contribution in [0.4, 0.5) is 0 Å². The van der Waals surface area contributed by atoms with Gasteiger partial charge < -0.3 is 5.32 Å². The molecule has 0 fully saturated rings. The molecule has 3 nitrogen and oxygen atoms in total. The van der Waals surface area contributed by atoms with Crippen LogP contribution in [0, 0.1) is 0 Å². The van der Waals surface area contributed by atoms with Crippen LogP contribution >= 0.6 is 0 Å². The van der Waals surface area contributed by atoms with Gasteiger partial charge in [0, 0.05) is 12.4 Å². The summed E-state index contributed by atoms with van der Waals surface area (Å²) >= 11 is 0. The SMILES string of the molecule is [O]N1C=CNC1. The molecule has 0 aliphatic carbocycles. The Kier molecular flexibility index (Phi) is 0.686. The highest BCUT2D eigenvalue weighted by molar-refractivity contribution is 4.81. The fourth-order valence-corrected chi connectivity index (χ4v) is 0.331. The lowest BCUT2D eigenvalue weighted by atomic mass is 11.0. The number of hydroxylamine groups is 2. The number of hydrogen-bond acceptors (Lipinski definition) is 2. The van der Waals surface area contributed by atoms with Crippen LogP contribution in [0.15, 0.2) is 12.4 Å².